The zero-order chi connectivity index (χ0) is 28.5. The molecule has 0 bridgehead atoms. The highest BCUT2D eigenvalue weighted by molar-refractivity contribution is 9.10. The van der Waals surface area contributed by atoms with Gasteiger partial charge >= 0.3 is 6.01 Å². The topological polar surface area (TPSA) is 85.0 Å². The summed E-state index contributed by atoms with van der Waals surface area (Å²) in [5, 5.41) is 7.99. The molecule has 0 fully saturated rings. The van der Waals surface area contributed by atoms with E-state index in [4.69, 9.17) is 32.6 Å². The van der Waals surface area contributed by atoms with Gasteiger partial charge < -0.3 is 15.1 Å². The van der Waals surface area contributed by atoms with Gasteiger partial charge in [-0.15, -0.1) is 0 Å². The van der Waals surface area contributed by atoms with Gasteiger partial charge in [-0.25, -0.2) is 9.55 Å². The highest BCUT2D eigenvalue weighted by atomic mass is 79.9. The fourth-order valence-corrected chi connectivity index (χ4v) is 5.30. The molecule has 0 spiro atoms. The van der Waals surface area contributed by atoms with Crippen molar-refractivity contribution in [2.24, 2.45) is 0 Å². The van der Waals surface area contributed by atoms with Gasteiger partial charge in [-0.2, -0.15) is 4.98 Å². The van der Waals surface area contributed by atoms with Gasteiger partial charge in [-0.3, -0.25) is 4.79 Å². The number of hydrogen-bond donors (Lipinski definition) is 2. The number of anilines is 4. The minimum absolute atomic E-state index is 0.105. The second-order valence-corrected chi connectivity index (χ2v) is 11.1. The minimum atomic E-state index is -0.297. The quantitative estimate of drug-likeness (QED) is 0.180. The molecule has 0 saturated carbocycles. The van der Waals surface area contributed by atoms with Crippen molar-refractivity contribution >= 4 is 72.9 Å². The average Bonchev–Trinajstić information content (AvgIpc) is 3.41. The van der Waals surface area contributed by atoms with E-state index in [-0.39, 0.29) is 18.0 Å². The first-order valence-corrected chi connectivity index (χ1v) is 14.2. The minimum Gasteiger partial charge on any atom is -0.429 e. The van der Waals surface area contributed by atoms with E-state index >= 15 is 0 Å². The van der Waals surface area contributed by atoms with E-state index in [1.54, 1.807) is 24.3 Å². The summed E-state index contributed by atoms with van der Waals surface area (Å²) < 4.78 is 8.01. The monoisotopic (exact) mass is 645 g/mol. The normalized spacial score (nSPS) is 11.1. The summed E-state index contributed by atoms with van der Waals surface area (Å²) in [7, 11) is 0. The molecule has 0 atom stereocenters. The lowest BCUT2D eigenvalue weighted by Crippen LogP contribution is -2.24. The number of aromatic nitrogens is 3. The molecule has 0 unspecified atom stereocenters. The van der Waals surface area contributed by atoms with Crippen molar-refractivity contribution in [2.45, 2.75) is 13.3 Å². The second kappa shape index (κ2) is 11.4. The van der Waals surface area contributed by atoms with E-state index in [0.717, 1.165) is 27.0 Å². The Hall–Kier alpha value is -4.11. The lowest BCUT2D eigenvalue weighted by molar-refractivity contribution is 0.515. The van der Waals surface area contributed by atoms with Crippen molar-refractivity contribution in [3.05, 3.63) is 133 Å². The molecule has 204 valence electrons. The Morgan fingerprint density at radius 2 is 1.66 bits per heavy atom. The third kappa shape index (κ3) is 5.72. The first-order valence-electron chi connectivity index (χ1n) is 12.7. The number of nitrogens with zero attached hydrogens (tertiary/aromatic N) is 3. The van der Waals surface area contributed by atoms with Crippen molar-refractivity contribution in [2.75, 3.05) is 10.6 Å². The van der Waals surface area contributed by atoms with Gasteiger partial charge in [0, 0.05) is 22.3 Å². The number of halogens is 3. The number of rotatable bonds is 7. The van der Waals surface area contributed by atoms with Gasteiger partial charge in [0.05, 0.1) is 26.6 Å². The molecule has 2 heterocycles. The van der Waals surface area contributed by atoms with E-state index in [0.29, 0.717) is 38.3 Å². The Morgan fingerprint density at radius 3 is 2.44 bits per heavy atom. The van der Waals surface area contributed by atoms with Crippen LogP contribution in [0.1, 0.15) is 17.0 Å². The summed E-state index contributed by atoms with van der Waals surface area (Å²) in [6.07, 6.45) is 1.76. The van der Waals surface area contributed by atoms with Crippen molar-refractivity contribution in [1.29, 1.82) is 0 Å². The number of para-hydroxylation sites is 2. The Bertz CT molecular complexity index is 1930. The molecular formula is C31H22BrCl2N5O2. The molecule has 41 heavy (non-hydrogen) atoms. The van der Waals surface area contributed by atoms with Crippen molar-refractivity contribution in [3.8, 4) is 6.01 Å². The van der Waals surface area contributed by atoms with Gasteiger partial charge in [0.2, 0.25) is 0 Å². The van der Waals surface area contributed by atoms with Crippen LogP contribution in [0.25, 0.3) is 16.9 Å². The van der Waals surface area contributed by atoms with Crippen LogP contribution in [0.3, 0.4) is 0 Å². The Morgan fingerprint density at radius 1 is 0.902 bits per heavy atom. The fraction of sp³-hybridized carbons (Fsp3) is 0.0645. The summed E-state index contributed by atoms with van der Waals surface area (Å²) in [6.45, 7) is 2.02. The highest BCUT2D eigenvalue weighted by Crippen LogP contribution is 2.34. The lowest BCUT2D eigenvalue weighted by Gasteiger charge is -2.16. The van der Waals surface area contributed by atoms with E-state index in [1.165, 1.54) is 10.8 Å². The molecule has 0 aliphatic carbocycles. The number of fused-ring (bicyclic) bond motifs is 1. The van der Waals surface area contributed by atoms with E-state index in [1.807, 2.05) is 67.6 Å². The molecule has 6 aromatic rings. The summed E-state index contributed by atoms with van der Waals surface area (Å²) >= 11 is 16.3. The summed E-state index contributed by atoms with van der Waals surface area (Å²) in [4.78, 5) is 23.4. The van der Waals surface area contributed by atoms with Crippen LogP contribution in [-0.4, -0.2) is 14.5 Å². The third-order valence-corrected chi connectivity index (χ3v) is 7.62. The fourth-order valence-electron chi connectivity index (χ4n) is 4.45. The van der Waals surface area contributed by atoms with Crippen LogP contribution >= 0.6 is 39.1 Å². The molecule has 2 aromatic heterocycles. The Kier molecular flexibility index (Phi) is 7.53. The van der Waals surface area contributed by atoms with Gasteiger partial charge in [-0.05, 0) is 61.0 Å². The van der Waals surface area contributed by atoms with Gasteiger partial charge in [-0.1, -0.05) is 81.1 Å². The van der Waals surface area contributed by atoms with Crippen LogP contribution in [0.15, 0.2) is 105 Å². The maximum Gasteiger partial charge on any atom is 0.312 e. The van der Waals surface area contributed by atoms with Crippen molar-refractivity contribution in [3.63, 3.8) is 0 Å². The highest BCUT2D eigenvalue weighted by Gasteiger charge is 2.19. The average molecular weight is 647 g/mol. The van der Waals surface area contributed by atoms with Crippen molar-refractivity contribution in [1.82, 2.24) is 14.5 Å². The molecule has 0 radical (unpaired) electrons. The van der Waals surface area contributed by atoms with Crippen LogP contribution in [0, 0.1) is 6.92 Å². The predicted octanol–water partition coefficient (Wildman–Crippen LogP) is 8.83. The summed E-state index contributed by atoms with van der Waals surface area (Å²) in [5.74, 6) is 0.916. The molecule has 7 nitrogen and oxygen atoms in total. The number of benzene rings is 4. The lowest BCUT2D eigenvalue weighted by atomic mass is 10.1. The molecule has 0 aliphatic rings. The van der Waals surface area contributed by atoms with Crippen LogP contribution in [0.2, 0.25) is 10.0 Å². The smallest absolute Gasteiger partial charge is 0.312 e. The summed E-state index contributed by atoms with van der Waals surface area (Å²) in [6, 6.07) is 26.4. The standard InChI is InChI=1S/C31H22BrCl2N5O2/c1-18-9-12-21(13-10-18)35-27-17-41-31(38-27)39-28(36-26-14-11-20(32)16-22(26)30(39)40)15-19-5-2-3-8-25(19)37-29-23(33)6-4-7-24(29)34/h2-14,16-17,35,37H,15H2,1H3. The molecule has 2 N–H and O–H groups in total. The molecule has 0 aliphatic heterocycles. The zero-order valence-electron chi connectivity index (χ0n) is 21.7. The second-order valence-electron chi connectivity index (χ2n) is 9.39. The van der Waals surface area contributed by atoms with Gasteiger partial charge in [0.1, 0.15) is 12.1 Å². The number of hydrogen-bond acceptors (Lipinski definition) is 6. The maximum absolute atomic E-state index is 13.9. The van der Waals surface area contributed by atoms with Gasteiger partial charge in [0.25, 0.3) is 5.56 Å². The van der Waals surface area contributed by atoms with Crippen LogP contribution in [0.5, 0.6) is 0 Å². The van der Waals surface area contributed by atoms with Gasteiger partial charge in [0.15, 0.2) is 5.82 Å². The maximum atomic E-state index is 13.9. The first kappa shape index (κ1) is 27.1. The molecule has 6 rings (SSSR count). The number of nitrogens with one attached hydrogen (secondary N) is 2. The van der Waals surface area contributed by atoms with E-state index < -0.39 is 0 Å². The number of oxazole rings is 1. The first-order chi connectivity index (χ1) is 19.9. The molecular weight excluding hydrogens is 625 g/mol. The summed E-state index contributed by atoms with van der Waals surface area (Å²) in [5.41, 5.74) is 4.49. The van der Waals surface area contributed by atoms with E-state index in [2.05, 4.69) is 31.5 Å². The zero-order valence-corrected chi connectivity index (χ0v) is 24.8. The molecule has 10 heteroatoms. The van der Waals surface area contributed by atoms with Crippen LogP contribution in [-0.2, 0) is 6.42 Å². The Balaban J connectivity index is 1.43. The van der Waals surface area contributed by atoms with E-state index in [9.17, 15) is 4.79 Å². The largest absolute Gasteiger partial charge is 0.429 e. The number of aryl methyl sites for hydroxylation is 1. The van der Waals surface area contributed by atoms with Crippen LogP contribution < -0.4 is 16.2 Å². The molecule has 4 aromatic carbocycles. The SMILES string of the molecule is Cc1ccc(Nc2coc(-n3c(Cc4ccccc4Nc4c(Cl)cccc4Cl)nc4ccc(Br)cc4c3=O)n2)cc1. The predicted molar refractivity (Wildman–Crippen MR) is 169 cm³/mol. The van der Waals surface area contributed by atoms with Crippen LogP contribution in [0.4, 0.5) is 22.9 Å². The van der Waals surface area contributed by atoms with Crippen molar-refractivity contribution < 1.29 is 4.42 Å². The Labute approximate surface area is 253 Å². The molecule has 0 saturated heterocycles. The molecule has 0 amide bonds. The third-order valence-electron chi connectivity index (χ3n) is 6.50.